The zero-order valence-corrected chi connectivity index (χ0v) is 14.2. The Bertz CT molecular complexity index is 938. The van der Waals surface area contributed by atoms with Crippen LogP contribution >= 0.6 is 11.8 Å². The van der Waals surface area contributed by atoms with Crippen molar-refractivity contribution in [3.8, 4) is 0 Å². The number of amides is 1. The maximum absolute atomic E-state index is 12.9. The van der Waals surface area contributed by atoms with Crippen molar-refractivity contribution >= 4 is 28.8 Å². The number of benzene rings is 1. The highest BCUT2D eigenvalue weighted by molar-refractivity contribution is 8.00. The highest BCUT2D eigenvalue weighted by atomic mass is 32.2. The molecule has 1 unspecified atom stereocenters. The molecule has 0 saturated heterocycles. The molecule has 0 aliphatic heterocycles. The van der Waals surface area contributed by atoms with Gasteiger partial charge in [-0.05, 0) is 24.1 Å². The molecule has 0 spiro atoms. The second-order valence-electron chi connectivity index (χ2n) is 5.33. The summed E-state index contributed by atoms with van der Waals surface area (Å²) in [6.45, 7) is 2.18. The number of hydrogen-bond donors (Lipinski definition) is 3. The summed E-state index contributed by atoms with van der Waals surface area (Å²) in [7, 11) is 0. The number of aromatic nitrogens is 4. The maximum atomic E-state index is 12.9. The van der Waals surface area contributed by atoms with Crippen LogP contribution in [0.5, 0.6) is 0 Å². The third kappa shape index (κ3) is 4.05. The third-order valence-corrected chi connectivity index (χ3v) is 4.82. The summed E-state index contributed by atoms with van der Waals surface area (Å²) in [6.07, 6.45) is 1.95. The van der Waals surface area contributed by atoms with E-state index in [1.807, 2.05) is 6.92 Å². The minimum Gasteiger partial charge on any atom is -0.351 e. The Morgan fingerprint density at radius 2 is 2.12 bits per heavy atom. The van der Waals surface area contributed by atoms with Crippen LogP contribution in [0.1, 0.15) is 18.9 Å². The molecule has 3 aromatic rings. The smallest absolute Gasteiger partial charge is 0.277 e. The Kier molecular flexibility index (Phi) is 5.13. The second kappa shape index (κ2) is 7.47. The van der Waals surface area contributed by atoms with Gasteiger partial charge >= 0.3 is 0 Å². The van der Waals surface area contributed by atoms with E-state index in [1.165, 1.54) is 30.2 Å². The van der Waals surface area contributed by atoms with Crippen LogP contribution < -0.4 is 10.9 Å². The van der Waals surface area contributed by atoms with Gasteiger partial charge in [0.25, 0.3) is 5.56 Å². The number of thioether (sulfide) groups is 1. The summed E-state index contributed by atoms with van der Waals surface area (Å²) in [5.41, 5.74) is 1.09. The van der Waals surface area contributed by atoms with Gasteiger partial charge in [-0.15, -0.1) is 0 Å². The summed E-state index contributed by atoms with van der Waals surface area (Å²) >= 11 is 1.17. The lowest BCUT2D eigenvalue weighted by atomic mass is 10.2. The van der Waals surface area contributed by atoms with E-state index < -0.39 is 5.25 Å². The Morgan fingerprint density at radius 3 is 2.84 bits per heavy atom. The van der Waals surface area contributed by atoms with E-state index in [-0.39, 0.29) is 17.3 Å². The predicted octanol–water partition coefficient (Wildman–Crippen LogP) is 1.97. The predicted molar refractivity (Wildman–Crippen MR) is 92.7 cm³/mol. The van der Waals surface area contributed by atoms with Crippen LogP contribution in [0.15, 0.2) is 40.5 Å². The minimum absolute atomic E-state index is 0.179. The first kappa shape index (κ1) is 17.2. The molecule has 0 aliphatic rings. The van der Waals surface area contributed by atoms with Crippen molar-refractivity contribution in [1.29, 1.82) is 0 Å². The number of nitrogens with zero attached hydrogens (tertiary/aromatic N) is 2. The summed E-state index contributed by atoms with van der Waals surface area (Å²) in [5, 5.41) is 2.74. The van der Waals surface area contributed by atoms with E-state index >= 15 is 0 Å². The van der Waals surface area contributed by atoms with Crippen molar-refractivity contribution in [3.05, 3.63) is 52.3 Å². The molecule has 130 valence electrons. The van der Waals surface area contributed by atoms with E-state index in [0.717, 1.165) is 5.56 Å². The van der Waals surface area contributed by atoms with E-state index in [4.69, 9.17) is 0 Å². The zero-order chi connectivity index (χ0) is 17.8. The van der Waals surface area contributed by atoms with Crippen LogP contribution in [0, 0.1) is 5.82 Å². The van der Waals surface area contributed by atoms with Crippen LogP contribution in [0.2, 0.25) is 0 Å². The average Bonchev–Trinajstić information content (AvgIpc) is 3.08. The van der Waals surface area contributed by atoms with Gasteiger partial charge in [0.2, 0.25) is 5.91 Å². The number of H-pyrrole nitrogens is 2. The SMILES string of the molecule is CCC(Sc1nc2nc[nH]c2c(=O)[nH]1)C(=O)NCc1ccc(F)cc1. The molecule has 0 saturated carbocycles. The molecule has 0 fully saturated rings. The number of imidazole rings is 1. The molecule has 3 rings (SSSR count). The van der Waals surface area contributed by atoms with Crippen molar-refractivity contribution in [3.63, 3.8) is 0 Å². The fourth-order valence-electron chi connectivity index (χ4n) is 2.24. The van der Waals surface area contributed by atoms with Crippen LogP contribution in [0.25, 0.3) is 11.2 Å². The fourth-order valence-corrected chi connectivity index (χ4v) is 3.16. The largest absolute Gasteiger partial charge is 0.351 e. The molecule has 0 aliphatic carbocycles. The number of carbonyl (C=O) groups excluding carboxylic acids is 1. The van der Waals surface area contributed by atoms with Gasteiger partial charge in [-0.2, -0.15) is 0 Å². The van der Waals surface area contributed by atoms with Crippen molar-refractivity contribution < 1.29 is 9.18 Å². The summed E-state index contributed by atoms with van der Waals surface area (Å²) < 4.78 is 12.9. The van der Waals surface area contributed by atoms with Gasteiger partial charge in [0.1, 0.15) is 5.82 Å². The molecule has 25 heavy (non-hydrogen) atoms. The van der Waals surface area contributed by atoms with Gasteiger partial charge in [0.05, 0.1) is 11.6 Å². The van der Waals surface area contributed by atoms with Crippen LogP contribution in [0.4, 0.5) is 4.39 Å². The first-order valence-electron chi connectivity index (χ1n) is 7.69. The third-order valence-electron chi connectivity index (χ3n) is 3.57. The van der Waals surface area contributed by atoms with Gasteiger partial charge < -0.3 is 10.3 Å². The Labute approximate surface area is 146 Å². The number of hydrogen-bond acceptors (Lipinski definition) is 5. The first-order valence-corrected chi connectivity index (χ1v) is 8.57. The van der Waals surface area contributed by atoms with Gasteiger partial charge in [-0.3, -0.25) is 14.6 Å². The zero-order valence-electron chi connectivity index (χ0n) is 13.4. The summed E-state index contributed by atoms with van der Waals surface area (Å²) in [6, 6.07) is 5.94. The number of fused-ring (bicyclic) bond motifs is 1. The molecule has 1 aromatic carbocycles. The molecule has 1 atom stereocenters. The standard InChI is InChI=1S/C16H16FN5O2S/c1-2-11(14(23)18-7-9-3-5-10(17)6-4-9)25-16-21-13-12(15(24)22-16)19-8-20-13/h3-6,8,11H,2,7H2,1H3,(H,18,23)(H2,19,20,21,22,24). The van der Waals surface area contributed by atoms with Crippen molar-refractivity contribution in [2.45, 2.75) is 30.3 Å². The van der Waals surface area contributed by atoms with Gasteiger partial charge in [0, 0.05) is 6.54 Å². The monoisotopic (exact) mass is 361 g/mol. The molecule has 7 nitrogen and oxygen atoms in total. The lowest BCUT2D eigenvalue weighted by Gasteiger charge is -2.14. The number of halogens is 1. The van der Waals surface area contributed by atoms with Gasteiger partial charge in [-0.25, -0.2) is 14.4 Å². The van der Waals surface area contributed by atoms with Crippen molar-refractivity contribution in [1.82, 2.24) is 25.3 Å². The normalized spacial score (nSPS) is 12.2. The molecule has 1 amide bonds. The van der Waals surface area contributed by atoms with E-state index in [0.29, 0.717) is 29.3 Å². The Hall–Kier alpha value is -2.68. The van der Waals surface area contributed by atoms with Crippen LogP contribution in [0.3, 0.4) is 0 Å². The molecule has 3 N–H and O–H groups in total. The highest BCUT2D eigenvalue weighted by Crippen LogP contribution is 2.22. The molecular formula is C16H16FN5O2S. The lowest BCUT2D eigenvalue weighted by Crippen LogP contribution is -2.32. The molecule has 2 heterocycles. The van der Waals surface area contributed by atoms with E-state index in [9.17, 15) is 14.0 Å². The summed E-state index contributed by atoms with van der Waals surface area (Å²) in [5.74, 6) is -0.498. The van der Waals surface area contributed by atoms with E-state index in [2.05, 4.69) is 25.3 Å². The average molecular weight is 361 g/mol. The van der Waals surface area contributed by atoms with E-state index in [1.54, 1.807) is 12.1 Å². The Balaban J connectivity index is 1.67. The van der Waals surface area contributed by atoms with Crippen molar-refractivity contribution in [2.24, 2.45) is 0 Å². The Morgan fingerprint density at radius 1 is 1.36 bits per heavy atom. The summed E-state index contributed by atoms with van der Waals surface area (Å²) in [4.78, 5) is 37.9. The minimum atomic E-state index is -0.417. The maximum Gasteiger partial charge on any atom is 0.277 e. The number of rotatable bonds is 6. The molecular weight excluding hydrogens is 345 g/mol. The quantitative estimate of drug-likeness (QED) is 0.460. The molecule has 0 radical (unpaired) electrons. The molecule has 9 heteroatoms. The topological polar surface area (TPSA) is 104 Å². The van der Waals surface area contributed by atoms with Crippen molar-refractivity contribution in [2.75, 3.05) is 0 Å². The molecule has 0 bridgehead atoms. The van der Waals surface area contributed by atoms with Crippen LogP contribution in [-0.2, 0) is 11.3 Å². The van der Waals surface area contributed by atoms with Crippen LogP contribution in [-0.4, -0.2) is 31.1 Å². The molecule has 2 aromatic heterocycles. The lowest BCUT2D eigenvalue weighted by molar-refractivity contribution is -0.120. The second-order valence-corrected chi connectivity index (χ2v) is 6.52. The first-order chi connectivity index (χ1) is 12.1. The fraction of sp³-hybridized carbons (Fsp3) is 0.250. The van der Waals surface area contributed by atoms with Gasteiger partial charge in [-0.1, -0.05) is 30.8 Å². The highest BCUT2D eigenvalue weighted by Gasteiger charge is 2.19. The number of aromatic amines is 2. The van der Waals surface area contributed by atoms with Gasteiger partial charge in [0.15, 0.2) is 16.3 Å². The number of carbonyl (C=O) groups is 1. The number of nitrogens with one attached hydrogen (secondary N) is 3.